The van der Waals surface area contributed by atoms with Gasteiger partial charge < -0.3 is 0 Å². The number of benzene rings is 2. The summed E-state index contributed by atoms with van der Waals surface area (Å²) in [5.41, 5.74) is 0.613. The molecule has 0 radical (unpaired) electrons. The summed E-state index contributed by atoms with van der Waals surface area (Å²) in [6, 6.07) is 14.0. The van der Waals surface area contributed by atoms with Crippen LogP contribution in [0.4, 0.5) is 17.6 Å². The quantitative estimate of drug-likeness (QED) is 0.235. The molecule has 4 aromatic rings. The predicted molar refractivity (Wildman–Crippen MR) is 141 cm³/mol. The summed E-state index contributed by atoms with van der Waals surface area (Å²) in [4.78, 5) is 18.1. The maximum absolute atomic E-state index is 14.1. The van der Waals surface area contributed by atoms with Crippen molar-refractivity contribution in [3.63, 3.8) is 0 Å². The fourth-order valence-corrected chi connectivity index (χ4v) is 7.02. The zero-order valence-electron chi connectivity index (χ0n) is 21.3. The summed E-state index contributed by atoms with van der Waals surface area (Å²) in [6.45, 7) is -0.203. The number of fused-ring (bicyclic) bond motifs is 2. The molecular formula is C29H22F4N4O3S. The van der Waals surface area contributed by atoms with E-state index < -0.39 is 33.0 Å². The van der Waals surface area contributed by atoms with E-state index in [0.717, 1.165) is 28.6 Å². The number of piperidine rings is 1. The molecule has 0 bridgehead atoms. The number of nitrogens with zero attached hydrogens (tertiary/aromatic N) is 4. The van der Waals surface area contributed by atoms with Gasteiger partial charge in [0, 0.05) is 19.3 Å². The second-order valence-corrected chi connectivity index (χ2v) is 12.0. The van der Waals surface area contributed by atoms with Crippen molar-refractivity contribution in [1.82, 2.24) is 19.1 Å². The average molecular weight is 583 g/mol. The van der Waals surface area contributed by atoms with E-state index in [0.29, 0.717) is 22.5 Å². The van der Waals surface area contributed by atoms with Crippen LogP contribution < -0.4 is 0 Å². The van der Waals surface area contributed by atoms with Crippen molar-refractivity contribution in [1.29, 1.82) is 0 Å². The summed E-state index contributed by atoms with van der Waals surface area (Å²) in [7, 11) is -4.24. The molecule has 0 saturated carbocycles. The molecule has 12 heteroatoms. The molecule has 1 aliphatic carbocycles. The van der Waals surface area contributed by atoms with E-state index in [-0.39, 0.29) is 42.3 Å². The molecule has 2 aliphatic rings. The smallest absolute Gasteiger partial charge is 0.291 e. The van der Waals surface area contributed by atoms with E-state index in [9.17, 15) is 30.8 Å². The van der Waals surface area contributed by atoms with Crippen molar-refractivity contribution in [2.24, 2.45) is 5.41 Å². The number of halogens is 4. The van der Waals surface area contributed by atoms with Gasteiger partial charge in [-0.15, -0.1) is 0 Å². The number of sulfonamides is 1. The minimum atomic E-state index is -4.61. The van der Waals surface area contributed by atoms with Gasteiger partial charge in [0.25, 0.3) is 0 Å². The minimum Gasteiger partial charge on any atom is -0.291 e. The second-order valence-electron chi connectivity index (χ2n) is 10.0. The lowest BCUT2D eigenvalue weighted by Gasteiger charge is -2.44. The number of aromatic nitrogens is 3. The second kappa shape index (κ2) is 9.74. The van der Waals surface area contributed by atoms with Crippen LogP contribution in [0.5, 0.6) is 0 Å². The Hall–Kier alpha value is -4.16. The van der Waals surface area contributed by atoms with Crippen molar-refractivity contribution >= 4 is 21.9 Å². The third-order valence-electron chi connectivity index (χ3n) is 7.60. The van der Waals surface area contributed by atoms with E-state index in [1.54, 1.807) is 41.2 Å². The molecule has 210 valence electrons. The summed E-state index contributed by atoms with van der Waals surface area (Å²) < 4.78 is 82.8. The van der Waals surface area contributed by atoms with Gasteiger partial charge in [0.2, 0.25) is 10.0 Å². The molecule has 2 aromatic carbocycles. The van der Waals surface area contributed by atoms with Gasteiger partial charge in [-0.25, -0.2) is 17.5 Å². The van der Waals surface area contributed by atoms with Crippen molar-refractivity contribution < 1.29 is 30.8 Å². The van der Waals surface area contributed by atoms with Crippen LogP contribution in [0.25, 0.3) is 11.8 Å². The van der Waals surface area contributed by atoms with Gasteiger partial charge in [0.1, 0.15) is 11.5 Å². The van der Waals surface area contributed by atoms with Crippen LogP contribution in [0.2, 0.25) is 0 Å². The first-order chi connectivity index (χ1) is 19.5. The number of carbonyl (C=O) groups excluding carboxylic acids is 1. The number of ketones is 1. The summed E-state index contributed by atoms with van der Waals surface area (Å²) >= 11 is 0. The Bertz CT molecular complexity index is 1770. The predicted octanol–water partition coefficient (Wildman–Crippen LogP) is 5.33. The molecule has 1 fully saturated rings. The van der Waals surface area contributed by atoms with Crippen LogP contribution in [0.15, 0.2) is 89.6 Å². The van der Waals surface area contributed by atoms with E-state index in [4.69, 9.17) is 0 Å². The molecule has 41 heavy (non-hydrogen) atoms. The number of hydrogen-bond donors (Lipinski definition) is 0. The molecule has 6 rings (SSSR count). The first-order valence-electron chi connectivity index (χ1n) is 12.7. The largest absolute Gasteiger partial charge is 0.416 e. The van der Waals surface area contributed by atoms with Crippen LogP contribution in [0.3, 0.4) is 0 Å². The van der Waals surface area contributed by atoms with Gasteiger partial charge in [-0.3, -0.25) is 9.78 Å². The monoisotopic (exact) mass is 582 g/mol. The number of hydrogen-bond acceptors (Lipinski definition) is 5. The highest BCUT2D eigenvalue weighted by Crippen LogP contribution is 2.47. The lowest BCUT2D eigenvalue weighted by molar-refractivity contribution is -0.137. The first-order valence-corrected chi connectivity index (χ1v) is 14.1. The number of alkyl halides is 3. The molecular weight excluding hydrogens is 560 g/mol. The fourth-order valence-electron chi connectivity index (χ4n) is 5.52. The Morgan fingerprint density at radius 3 is 2.37 bits per heavy atom. The van der Waals surface area contributed by atoms with Crippen LogP contribution >= 0.6 is 0 Å². The van der Waals surface area contributed by atoms with Crippen molar-refractivity contribution in [2.45, 2.75) is 23.9 Å². The molecule has 3 heterocycles. The molecule has 1 atom stereocenters. The summed E-state index contributed by atoms with van der Waals surface area (Å²) in [5.74, 6) is -0.758. The van der Waals surface area contributed by atoms with E-state index in [1.165, 1.54) is 18.3 Å². The third-order valence-corrected chi connectivity index (χ3v) is 9.46. The molecule has 1 saturated heterocycles. The van der Waals surface area contributed by atoms with Gasteiger partial charge in [0.15, 0.2) is 5.78 Å². The van der Waals surface area contributed by atoms with Crippen LogP contribution in [0, 0.1) is 11.2 Å². The summed E-state index contributed by atoms with van der Waals surface area (Å²) in [5, 5.41) is 4.46. The van der Waals surface area contributed by atoms with Crippen molar-refractivity contribution in [3.05, 3.63) is 113 Å². The van der Waals surface area contributed by atoms with E-state index in [2.05, 4.69) is 10.1 Å². The Morgan fingerprint density at radius 1 is 0.976 bits per heavy atom. The number of carbonyl (C=O) groups is 1. The van der Waals surface area contributed by atoms with E-state index in [1.807, 2.05) is 6.08 Å². The van der Waals surface area contributed by atoms with Gasteiger partial charge >= 0.3 is 6.18 Å². The molecule has 2 aromatic heterocycles. The maximum Gasteiger partial charge on any atom is 0.416 e. The minimum absolute atomic E-state index is 0.0203. The zero-order valence-corrected chi connectivity index (χ0v) is 22.2. The van der Waals surface area contributed by atoms with Crippen molar-refractivity contribution in [2.75, 3.05) is 13.1 Å². The van der Waals surface area contributed by atoms with Gasteiger partial charge in [0.05, 0.1) is 33.5 Å². The number of Topliss-reactive ketones (excluding diaryl/α,β-unsaturated/α-hetero) is 1. The average Bonchev–Trinajstić information content (AvgIpc) is 3.37. The Kier molecular flexibility index (Phi) is 6.42. The van der Waals surface area contributed by atoms with Gasteiger partial charge in [-0.05, 0) is 85.1 Å². The van der Waals surface area contributed by atoms with Gasteiger partial charge in [-0.1, -0.05) is 11.6 Å². The van der Waals surface area contributed by atoms with Crippen LogP contribution in [-0.4, -0.2) is 46.4 Å². The normalized spacial score (nSPS) is 19.3. The molecule has 0 N–H and O–H groups in total. The maximum atomic E-state index is 14.1. The Labute approximate surface area is 232 Å². The highest BCUT2D eigenvalue weighted by Gasteiger charge is 2.51. The molecule has 0 spiro atoms. The number of pyridine rings is 1. The molecule has 0 amide bonds. The standard InChI is InChI=1S/C29H22F4N4O3S/c30-22-6-8-23(9-7-22)37-26-15-21-12-14-36(41(39,40)24-10-4-20(5-11-24)29(31,32)33)18-28(21,16-19(26)17-35-37)27(38)25-3-1-2-13-34-25/h1-11,13,15,17H,12,14,16,18H2. The number of rotatable bonds is 5. The highest BCUT2D eigenvalue weighted by atomic mass is 32.2. The highest BCUT2D eigenvalue weighted by molar-refractivity contribution is 7.89. The summed E-state index contributed by atoms with van der Waals surface area (Å²) in [6.07, 6.45) is 0.634. The lowest BCUT2D eigenvalue weighted by atomic mass is 9.65. The zero-order chi connectivity index (χ0) is 29.0. The fraction of sp³-hybridized carbons (Fsp3) is 0.207. The van der Waals surface area contributed by atoms with Gasteiger partial charge in [-0.2, -0.15) is 22.6 Å². The van der Waals surface area contributed by atoms with Crippen LogP contribution in [-0.2, 0) is 22.6 Å². The molecule has 1 unspecified atom stereocenters. The van der Waals surface area contributed by atoms with E-state index >= 15 is 0 Å². The molecule has 1 aliphatic heterocycles. The molecule has 7 nitrogen and oxygen atoms in total. The topological polar surface area (TPSA) is 85.2 Å². The Balaban J connectivity index is 1.41. The third kappa shape index (κ3) is 4.66. The lowest BCUT2D eigenvalue weighted by Crippen LogP contribution is -2.53. The Morgan fingerprint density at radius 2 is 1.71 bits per heavy atom. The first kappa shape index (κ1) is 27.0. The van der Waals surface area contributed by atoms with Crippen molar-refractivity contribution in [3.8, 4) is 5.69 Å². The SMILES string of the molecule is O=C(c1ccccn1)C12Cc3cnn(-c4ccc(F)cc4)c3C=C1CCN(S(=O)(=O)c1ccc(C(F)(F)F)cc1)C2. The van der Waals surface area contributed by atoms with Crippen LogP contribution in [0.1, 0.15) is 33.7 Å².